The Labute approximate surface area is 227 Å². The van der Waals surface area contributed by atoms with E-state index in [1.165, 1.54) is 16.8 Å². The molecule has 1 aromatic heterocycles. The molecule has 0 bridgehead atoms. The summed E-state index contributed by atoms with van der Waals surface area (Å²) in [5, 5.41) is 8.10. The molecule has 10 nitrogen and oxygen atoms in total. The Morgan fingerprint density at radius 2 is 1.72 bits per heavy atom. The molecule has 3 amide bonds. The highest BCUT2D eigenvalue weighted by Gasteiger charge is 2.36. The fourth-order valence-corrected chi connectivity index (χ4v) is 5.54. The molecule has 10 heteroatoms. The van der Waals surface area contributed by atoms with Gasteiger partial charge in [-0.05, 0) is 42.9 Å². The van der Waals surface area contributed by atoms with Crippen molar-refractivity contribution in [1.29, 1.82) is 0 Å². The third kappa shape index (κ3) is 7.34. The van der Waals surface area contributed by atoms with Gasteiger partial charge in [0.25, 0.3) is 11.5 Å². The molecular formula is C29H37N5O5. The summed E-state index contributed by atoms with van der Waals surface area (Å²) in [6, 6.07) is 10.1. The third-order valence-electron chi connectivity index (χ3n) is 7.76. The Kier molecular flexibility index (Phi) is 9.51. The van der Waals surface area contributed by atoms with Crippen LogP contribution in [0, 0.1) is 11.8 Å². The number of Topliss-reactive ketones (excluding diaryl/α,β-unsaturated/α-hetero) is 1. The normalized spacial score (nSPS) is 19.1. The topological polar surface area (TPSA) is 152 Å². The van der Waals surface area contributed by atoms with E-state index in [4.69, 9.17) is 5.73 Å². The predicted octanol–water partition coefficient (Wildman–Crippen LogP) is 1.84. The van der Waals surface area contributed by atoms with Crippen LogP contribution in [0.1, 0.15) is 63.0 Å². The van der Waals surface area contributed by atoms with Crippen LogP contribution in [-0.2, 0) is 25.7 Å². The van der Waals surface area contributed by atoms with Crippen molar-refractivity contribution in [2.24, 2.45) is 11.8 Å². The van der Waals surface area contributed by atoms with E-state index in [1.807, 2.05) is 30.3 Å². The number of hydrogen-bond donors (Lipinski definition) is 4. The molecule has 1 aliphatic carbocycles. The zero-order valence-electron chi connectivity index (χ0n) is 22.1. The Bertz CT molecular complexity index is 1240. The lowest BCUT2D eigenvalue weighted by Crippen LogP contribution is -2.51. The predicted molar refractivity (Wildman–Crippen MR) is 146 cm³/mol. The molecule has 5 N–H and O–H groups in total. The number of hydrogen-bond acceptors (Lipinski definition) is 6. The monoisotopic (exact) mass is 535 g/mol. The second-order valence-electron chi connectivity index (χ2n) is 10.5. The highest BCUT2D eigenvalue weighted by molar-refractivity contribution is 6.38. The number of aromatic nitrogens is 1. The number of anilines is 1. The molecule has 3 unspecified atom stereocenters. The van der Waals surface area contributed by atoms with Crippen LogP contribution in [0.15, 0.2) is 53.5 Å². The maximum Gasteiger partial charge on any atom is 0.289 e. The lowest BCUT2D eigenvalue weighted by atomic mass is 9.84. The molecule has 0 radical (unpaired) electrons. The number of carbonyl (C=O) groups is 4. The van der Waals surface area contributed by atoms with Gasteiger partial charge in [0, 0.05) is 25.2 Å². The van der Waals surface area contributed by atoms with Crippen molar-refractivity contribution in [1.82, 2.24) is 20.5 Å². The quantitative estimate of drug-likeness (QED) is 0.322. The van der Waals surface area contributed by atoms with Crippen molar-refractivity contribution in [3.05, 3.63) is 64.6 Å². The summed E-state index contributed by atoms with van der Waals surface area (Å²) in [6.07, 6.45) is 7.61. The van der Waals surface area contributed by atoms with E-state index in [1.54, 1.807) is 6.07 Å². The molecule has 1 saturated heterocycles. The van der Waals surface area contributed by atoms with Crippen LogP contribution < -0.4 is 27.2 Å². The lowest BCUT2D eigenvalue weighted by molar-refractivity contribution is -0.141. The summed E-state index contributed by atoms with van der Waals surface area (Å²) in [6.45, 7) is 0.626. The molecule has 3 atom stereocenters. The lowest BCUT2D eigenvalue weighted by Gasteiger charge is -2.29. The average molecular weight is 536 g/mol. The molecule has 1 aromatic carbocycles. The first kappa shape index (κ1) is 28.1. The summed E-state index contributed by atoms with van der Waals surface area (Å²) in [5.41, 5.74) is 6.24. The van der Waals surface area contributed by atoms with Gasteiger partial charge in [-0.25, -0.2) is 0 Å². The summed E-state index contributed by atoms with van der Waals surface area (Å²) in [4.78, 5) is 65.1. The van der Waals surface area contributed by atoms with E-state index in [-0.39, 0.29) is 30.5 Å². The van der Waals surface area contributed by atoms with Crippen molar-refractivity contribution in [3.8, 4) is 0 Å². The van der Waals surface area contributed by atoms with Crippen LogP contribution >= 0.6 is 0 Å². The van der Waals surface area contributed by atoms with E-state index in [0.717, 1.165) is 37.7 Å². The van der Waals surface area contributed by atoms with Gasteiger partial charge in [0.1, 0.15) is 6.04 Å². The standard InChI is InChI=1S/C29H37N5O5/c30-22-12-7-15-34(29(22)39)24(16-19-8-3-1-4-9-19)27(37)33-23(17-21-13-14-31-26(21)36)25(35)28(38)32-18-20-10-5-2-6-11-20/h2,5-7,10-12,15,19,21,23-24H,1,3-4,8-9,13-14,16-18,30H2,(H,31,36)(H,32,38)(H,33,37). The van der Waals surface area contributed by atoms with Gasteiger partial charge in [-0.2, -0.15) is 0 Å². The number of benzene rings is 1. The SMILES string of the molecule is Nc1cccn(C(CC2CCCCC2)C(=O)NC(CC2CCNC2=O)C(=O)C(=O)NCc2ccccc2)c1=O. The smallest absolute Gasteiger partial charge is 0.289 e. The minimum Gasteiger partial charge on any atom is -0.394 e. The third-order valence-corrected chi connectivity index (χ3v) is 7.76. The molecule has 2 aromatic rings. The number of nitrogen functional groups attached to an aromatic ring is 1. The van der Waals surface area contributed by atoms with Gasteiger partial charge < -0.3 is 26.3 Å². The van der Waals surface area contributed by atoms with Gasteiger partial charge in [-0.15, -0.1) is 0 Å². The van der Waals surface area contributed by atoms with Crippen molar-refractivity contribution >= 4 is 29.2 Å². The Balaban J connectivity index is 1.55. The van der Waals surface area contributed by atoms with Gasteiger partial charge in [-0.1, -0.05) is 62.4 Å². The first-order chi connectivity index (χ1) is 18.8. The zero-order chi connectivity index (χ0) is 27.8. The van der Waals surface area contributed by atoms with E-state index in [0.29, 0.717) is 19.4 Å². The van der Waals surface area contributed by atoms with Gasteiger partial charge in [-0.3, -0.25) is 24.0 Å². The van der Waals surface area contributed by atoms with Gasteiger partial charge in [0.15, 0.2) is 0 Å². The Morgan fingerprint density at radius 3 is 2.41 bits per heavy atom. The number of carbonyl (C=O) groups excluding carboxylic acids is 4. The van der Waals surface area contributed by atoms with Crippen molar-refractivity contribution < 1.29 is 19.2 Å². The molecule has 2 aliphatic rings. The number of amides is 3. The van der Waals surface area contributed by atoms with Crippen LogP contribution in [0.4, 0.5) is 5.69 Å². The highest BCUT2D eigenvalue weighted by Crippen LogP contribution is 2.31. The van der Waals surface area contributed by atoms with E-state index >= 15 is 0 Å². The minimum absolute atomic E-state index is 0.00284. The largest absolute Gasteiger partial charge is 0.394 e. The fraction of sp³-hybridized carbons (Fsp3) is 0.483. The molecule has 4 rings (SSSR count). The second kappa shape index (κ2) is 13.2. The van der Waals surface area contributed by atoms with Crippen molar-refractivity contribution in [2.75, 3.05) is 12.3 Å². The number of rotatable bonds is 11. The molecule has 1 saturated carbocycles. The summed E-state index contributed by atoms with van der Waals surface area (Å²) < 4.78 is 1.32. The Morgan fingerprint density at radius 1 is 0.974 bits per heavy atom. The maximum atomic E-state index is 13.8. The molecule has 39 heavy (non-hydrogen) atoms. The molecule has 2 fully saturated rings. The summed E-state index contributed by atoms with van der Waals surface area (Å²) in [7, 11) is 0. The fourth-order valence-electron chi connectivity index (χ4n) is 5.54. The van der Waals surface area contributed by atoms with Crippen molar-refractivity contribution in [2.45, 2.75) is 70.0 Å². The van der Waals surface area contributed by atoms with Crippen LogP contribution in [0.2, 0.25) is 0 Å². The van der Waals surface area contributed by atoms with Gasteiger partial charge >= 0.3 is 0 Å². The van der Waals surface area contributed by atoms with E-state index in [9.17, 15) is 24.0 Å². The van der Waals surface area contributed by atoms with Crippen LogP contribution in [0.25, 0.3) is 0 Å². The summed E-state index contributed by atoms with van der Waals surface area (Å²) in [5.74, 6) is -2.68. The Hall–Kier alpha value is -3.95. The molecule has 0 spiro atoms. The summed E-state index contributed by atoms with van der Waals surface area (Å²) >= 11 is 0. The molecule has 1 aliphatic heterocycles. The average Bonchev–Trinajstić information content (AvgIpc) is 3.36. The molecule has 2 heterocycles. The number of nitrogens with two attached hydrogens (primary N) is 1. The van der Waals surface area contributed by atoms with Crippen LogP contribution in [-0.4, -0.2) is 40.7 Å². The van der Waals surface area contributed by atoms with Gasteiger partial charge in [0.2, 0.25) is 17.6 Å². The highest BCUT2D eigenvalue weighted by atomic mass is 16.2. The van der Waals surface area contributed by atoms with Crippen LogP contribution in [0.3, 0.4) is 0 Å². The number of nitrogens with zero attached hydrogens (tertiary/aromatic N) is 1. The maximum absolute atomic E-state index is 13.8. The molecule has 208 valence electrons. The zero-order valence-corrected chi connectivity index (χ0v) is 22.1. The first-order valence-corrected chi connectivity index (χ1v) is 13.7. The number of pyridine rings is 1. The van der Waals surface area contributed by atoms with Crippen molar-refractivity contribution in [3.63, 3.8) is 0 Å². The number of nitrogens with one attached hydrogen (secondary N) is 3. The second-order valence-corrected chi connectivity index (χ2v) is 10.5. The number of ketones is 1. The molecular weight excluding hydrogens is 498 g/mol. The first-order valence-electron chi connectivity index (χ1n) is 13.7. The van der Waals surface area contributed by atoms with E-state index in [2.05, 4.69) is 16.0 Å². The minimum atomic E-state index is -1.22. The van der Waals surface area contributed by atoms with Gasteiger partial charge in [0.05, 0.1) is 11.7 Å². The van der Waals surface area contributed by atoms with Crippen LogP contribution in [0.5, 0.6) is 0 Å². The van der Waals surface area contributed by atoms with E-state index < -0.39 is 41.2 Å².